The number of primary amides is 1. The van der Waals surface area contributed by atoms with E-state index < -0.39 is 41.1 Å². The molecule has 1 aliphatic heterocycles. The van der Waals surface area contributed by atoms with Gasteiger partial charge in [0, 0.05) is 19.4 Å². The van der Waals surface area contributed by atoms with Crippen LogP contribution in [-0.2, 0) is 41.7 Å². The normalized spacial score (nSPS) is 16.5. The average molecular weight is 639 g/mol. The van der Waals surface area contributed by atoms with Crippen molar-refractivity contribution in [2.24, 2.45) is 11.1 Å². The van der Waals surface area contributed by atoms with E-state index in [2.05, 4.69) is 10.6 Å². The molecule has 0 aliphatic carbocycles. The van der Waals surface area contributed by atoms with E-state index in [1.54, 1.807) is 25.7 Å². The molecular formula is C35H50N4O7. The van der Waals surface area contributed by atoms with Crippen molar-refractivity contribution in [3.63, 3.8) is 0 Å². The second kappa shape index (κ2) is 16.0. The summed E-state index contributed by atoms with van der Waals surface area (Å²) in [7, 11) is 0. The van der Waals surface area contributed by atoms with Crippen molar-refractivity contribution >= 4 is 40.9 Å². The lowest BCUT2D eigenvalue weighted by Gasteiger charge is -2.34. The fourth-order valence-corrected chi connectivity index (χ4v) is 5.41. The zero-order valence-electron chi connectivity index (χ0n) is 28.0. The molecule has 1 saturated heterocycles. The molecule has 4 N–H and O–H groups in total. The number of nitrogens with two attached hydrogens (primary N) is 1. The number of carbonyl (C=O) groups is 5. The summed E-state index contributed by atoms with van der Waals surface area (Å²) in [5, 5.41) is 7.73. The third-order valence-corrected chi connectivity index (χ3v) is 7.82. The maximum absolute atomic E-state index is 13.3. The van der Waals surface area contributed by atoms with Crippen LogP contribution in [0.25, 0.3) is 10.8 Å². The molecule has 1 aliphatic rings. The molecule has 3 atom stereocenters. The van der Waals surface area contributed by atoms with Crippen LogP contribution < -0.4 is 16.4 Å². The predicted octanol–water partition coefficient (Wildman–Crippen LogP) is 4.17. The Balaban J connectivity index is 1.55. The number of nitrogens with zero attached hydrogens (tertiary/aromatic N) is 1. The zero-order chi connectivity index (χ0) is 34.1. The van der Waals surface area contributed by atoms with Crippen molar-refractivity contribution in [1.82, 2.24) is 15.5 Å². The van der Waals surface area contributed by atoms with Crippen LogP contribution in [0, 0.1) is 5.41 Å². The van der Waals surface area contributed by atoms with E-state index in [9.17, 15) is 24.0 Å². The number of benzene rings is 2. The van der Waals surface area contributed by atoms with E-state index in [1.807, 2.05) is 57.2 Å². The van der Waals surface area contributed by atoms with Gasteiger partial charge in [0.05, 0.1) is 25.3 Å². The SMILES string of the molecule is CC(C)(C)OC(=O)NC(CCC(N)=O)COCc1ccc2cc(CCC(=O)NC(C(=O)N3CCCC3C=O)C(C)(C)C)ccc2c1. The highest BCUT2D eigenvalue weighted by atomic mass is 16.6. The third-order valence-electron chi connectivity index (χ3n) is 7.82. The van der Waals surface area contributed by atoms with Gasteiger partial charge in [0.25, 0.3) is 0 Å². The van der Waals surface area contributed by atoms with Crippen LogP contribution in [-0.4, -0.2) is 71.9 Å². The topological polar surface area (TPSA) is 157 Å². The number of aryl methyl sites for hydroxylation is 1. The summed E-state index contributed by atoms with van der Waals surface area (Å²) < 4.78 is 11.2. The minimum Gasteiger partial charge on any atom is -0.444 e. The van der Waals surface area contributed by atoms with Gasteiger partial charge in [0.1, 0.15) is 17.9 Å². The zero-order valence-corrected chi connectivity index (χ0v) is 28.0. The van der Waals surface area contributed by atoms with Crippen LogP contribution >= 0.6 is 0 Å². The highest BCUT2D eigenvalue weighted by molar-refractivity contribution is 5.90. The molecule has 1 fully saturated rings. The van der Waals surface area contributed by atoms with Crippen molar-refractivity contribution in [3.8, 4) is 0 Å². The Kier molecular flexibility index (Phi) is 12.7. The highest BCUT2D eigenvalue weighted by Gasteiger charge is 2.39. The van der Waals surface area contributed by atoms with Gasteiger partial charge in [-0.1, -0.05) is 51.1 Å². The molecule has 0 radical (unpaired) electrons. The second-order valence-corrected chi connectivity index (χ2v) is 14.1. The highest BCUT2D eigenvalue weighted by Crippen LogP contribution is 2.26. The summed E-state index contributed by atoms with van der Waals surface area (Å²) in [6.07, 6.45) is 2.85. The lowest BCUT2D eigenvalue weighted by molar-refractivity contribution is -0.141. The third kappa shape index (κ3) is 11.4. The molecule has 252 valence electrons. The minimum absolute atomic E-state index is 0.111. The molecule has 11 nitrogen and oxygen atoms in total. The van der Waals surface area contributed by atoms with Gasteiger partial charge in [-0.15, -0.1) is 0 Å². The van der Waals surface area contributed by atoms with Gasteiger partial charge in [0.15, 0.2) is 0 Å². The minimum atomic E-state index is -0.718. The Hall–Kier alpha value is -3.99. The first kappa shape index (κ1) is 36.5. The summed E-state index contributed by atoms with van der Waals surface area (Å²) in [5.74, 6) is -0.875. The van der Waals surface area contributed by atoms with E-state index in [-0.39, 0.29) is 31.3 Å². The molecular weight excluding hydrogens is 588 g/mol. The number of fused-ring (bicyclic) bond motifs is 1. The Morgan fingerprint density at radius 2 is 1.63 bits per heavy atom. The summed E-state index contributed by atoms with van der Waals surface area (Å²) in [6, 6.07) is 10.4. The first-order valence-corrected chi connectivity index (χ1v) is 16.0. The number of hydrogen-bond donors (Lipinski definition) is 3. The van der Waals surface area contributed by atoms with Crippen LogP contribution in [0.1, 0.15) is 84.8 Å². The average Bonchev–Trinajstić information content (AvgIpc) is 3.44. The van der Waals surface area contributed by atoms with Crippen LogP contribution in [0.5, 0.6) is 0 Å². The summed E-state index contributed by atoms with van der Waals surface area (Å²) in [5.41, 5.74) is 6.08. The van der Waals surface area contributed by atoms with Gasteiger partial charge in [-0.3, -0.25) is 14.4 Å². The van der Waals surface area contributed by atoms with E-state index in [4.69, 9.17) is 15.2 Å². The summed E-state index contributed by atoms with van der Waals surface area (Å²) in [4.78, 5) is 62.8. The number of nitrogens with one attached hydrogen (secondary N) is 2. The first-order valence-electron chi connectivity index (χ1n) is 16.0. The molecule has 4 amide bonds. The van der Waals surface area contributed by atoms with Crippen LogP contribution in [0.15, 0.2) is 36.4 Å². The van der Waals surface area contributed by atoms with Crippen molar-refractivity contribution in [2.45, 2.75) is 110 Å². The number of hydrogen-bond acceptors (Lipinski definition) is 7. The maximum atomic E-state index is 13.3. The smallest absolute Gasteiger partial charge is 0.407 e. The lowest BCUT2D eigenvalue weighted by Crippen LogP contribution is -2.55. The number of likely N-dealkylation sites (tertiary alicyclic amines) is 1. The molecule has 0 bridgehead atoms. The monoisotopic (exact) mass is 638 g/mol. The van der Waals surface area contributed by atoms with Gasteiger partial charge >= 0.3 is 6.09 Å². The molecule has 0 saturated carbocycles. The Bertz CT molecular complexity index is 1400. The van der Waals surface area contributed by atoms with Crippen LogP contribution in [0.2, 0.25) is 0 Å². The predicted molar refractivity (Wildman–Crippen MR) is 176 cm³/mol. The Labute approximate surface area is 271 Å². The van der Waals surface area contributed by atoms with Crippen molar-refractivity contribution in [1.29, 1.82) is 0 Å². The fourth-order valence-electron chi connectivity index (χ4n) is 5.41. The number of ether oxygens (including phenoxy) is 2. The molecule has 3 unspecified atom stereocenters. The lowest BCUT2D eigenvalue weighted by atomic mass is 9.85. The van der Waals surface area contributed by atoms with Crippen molar-refractivity contribution in [3.05, 3.63) is 47.5 Å². The van der Waals surface area contributed by atoms with Gasteiger partial charge in [-0.25, -0.2) is 4.79 Å². The van der Waals surface area contributed by atoms with Gasteiger partial charge in [-0.2, -0.15) is 0 Å². The molecule has 1 heterocycles. The van der Waals surface area contributed by atoms with E-state index in [0.29, 0.717) is 32.4 Å². The Morgan fingerprint density at radius 3 is 2.24 bits per heavy atom. The van der Waals surface area contributed by atoms with Gasteiger partial charge in [0.2, 0.25) is 17.7 Å². The number of amides is 4. The van der Waals surface area contributed by atoms with E-state index >= 15 is 0 Å². The number of rotatable bonds is 14. The van der Waals surface area contributed by atoms with Crippen molar-refractivity contribution < 1.29 is 33.4 Å². The quantitative estimate of drug-likeness (QED) is 0.262. The molecule has 0 aromatic heterocycles. The standard InChI is InChI=1S/C35H50N4O7/c1-34(2,3)31(32(43)39-17-7-8-28(39)20-40)38-30(42)16-11-23-9-12-26-19-24(10-13-25(26)18-23)21-45-22-27(14-15-29(36)41)37-33(44)46-35(4,5)6/h9-10,12-13,18-20,27-28,31H,7-8,11,14-17,21-22H2,1-6H3,(H2,36,41)(H,37,44)(H,38,42). The molecule has 3 rings (SSSR count). The molecule has 46 heavy (non-hydrogen) atoms. The maximum Gasteiger partial charge on any atom is 0.407 e. The first-order chi connectivity index (χ1) is 21.6. The fraction of sp³-hybridized carbons (Fsp3) is 0.571. The van der Waals surface area contributed by atoms with Gasteiger partial charge < -0.3 is 35.5 Å². The number of carbonyl (C=O) groups excluding carboxylic acids is 5. The Morgan fingerprint density at radius 1 is 0.978 bits per heavy atom. The van der Waals surface area contributed by atoms with Crippen LogP contribution in [0.4, 0.5) is 4.79 Å². The number of alkyl carbamates (subject to hydrolysis) is 1. The number of aldehydes is 1. The van der Waals surface area contributed by atoms with E-state index in [1.165, 1.54) is 0 Å². The summed E-state index contributed by atoms with van der Waals surface area (Å²) >= 11 is 0. The van der Waals surface area contributed by atoms with Gasteiger partial charge in [-0.05, 0) is 79.8 Å². The molecule has 2 aromatic carbocycles. The van der Waals surface area contributed by atoms with Crippen LogP contribution in [0.3, 0.4) is 0 Å². The largest absolute Gasteiger partial charge is 0.444 e. The molecule has 0 spiro atoms. The second-order valence-electron chi connectivity index (χ2n) is 14.1. The summed E-state index contributed by atoms with van der Waals surface area (Å²) in [6.45, 7) is 12.1. The molecule has 11 heteroatoms. The van der Waals surface area contributed by atoms with E-state index in [0.717, 1.165) is 34.6 Å². The molecule has 2 aromatic rings. The van der Waals surface area contributed by atoms with Crippen molar-refractivity contribution in [2.75, 3.05) is 13.2 Å².